The Morgan fingerprint density at radius 1 is 1.21 bits per heavy atom. The molecule has 1 heterocycles. The van der Waals surface area contributed by atoms with Gasteiger partial charge < -0.3 is 10.2 Å². The smallest absolute Gasteiger partial charge is 0.239 e. The number of carbonyl (C=O) groups is 1. The van der Waals surface area contributed by atoms with Crippen LogP contribution in [0.2, 0.25) is 0 Å². The number of carbonyl (C=O) groups excluding carboxylic acids is 1. The first-order valence-corrected chi connectivity index (χ1v) is 7.96. The van der Waals surface area contributed by atoms with E-state index in [-0.39, 0.29) is 6.04 Å². The predicted molar refractivity (Wildman–Crippen MR) is 81.1 cm³/mol. The summed E-state index contributed by atoms with van der Waals surface area (Å²) in [5.41, 5.74) is 0. The molecule has 2 unspecified atom stereocenters. The van der Waals surface area contributed by atoms with Crippen LogP contribution in [0.25, 0.3) is 0 Å². The standard InChI is InChI=1S/C16H32N2O/c1-6-14-7-8-17-15(9-14)16(19)18(10-12(2)3)11-13(4)5/h12-15,17H,6-11H2,1-5H3. The summed E-state index contributed by atoms with van der Waals surface area (Å²) in [6.07, 6.45) is 3.43. The number of piperidine rings is 1. The van der Waals surface area contributed by atoms with Gasteiger partial charge >= 0.3 is 0 Å². The maximum atomic E-state index is 12.7. The second-order valence-corrected chi connectivity index (χ2v) is 6.84. The minimum Gasteiger partial charge on any atom is -0.341 e. The number of nitrogens with one attached hydrogen (secondary N) is 1. The number of nitrogens with zero attached hydrogens (tertiary/aromatic N) is 1. The van der Waals surface area contributed by atoms with Gasteiger partial charge in [-0.25, -0.2) is 0 Å². The monoisotopic (exact) mass is 268 g/mol. The fraction of sp³-hybridized carbons (Fsp3) is 0.938. The largest absolute Gasteiger partial charge is 0.341 e. The number of rotatable bonds is 6. The molecule has 3 nitrogen and oxygen atoms in total. The van der Waals surface area contributed by atoms with Crippen LogP contribution in [0.4, 0.5) is 0 Å². The zero-order valence-corrected chi connectivity index (χ0v) is 13.4. The molecule has 0 spiro atoms. The Balaban J connectivity index is 2.63. The zero-order chi connectivity index (χ0) is 14.4. The molecule has 1 aliphatic heterocycles. The molecule has 1 N–H and O–H groups in total. The van der Waals surface area contributed by atoms with E-state index in [0.29, 0.717) is 17.7 Å². The Kier molecular flexibility index (Phi) is 6.84. The normalized spacial score (nSPS) is 23.9. The van der Waals surface area contributed by atoms with E-state index in [2.05, 4.69) is 44.8 Å². The Hall–Kier alpha value is -0.570. The third-order valence-corrected chi connectivity index (χ3v) is 3.87. The van der Waals surface area contributed by atoms with Crippen molar-refractivity contribution in [3.05, 3.63) is 0 Å². The Bertz CT molecular complexity index is 266. The first kappa shape index (κ1) is 16.5. The molecule has 3 heteroatoms. The summed E-state index contributed by atoms with van der Waals surface area (Å²) >= 11 is 0. The van der Waals surface area contributed by atoms with Crippen molar-refractivity contribution in [3.63, 3.8) is 0 Å². The van der Waals surface area contributed by atoms with E-state index < -0.39 is 0 Å². The van der Waals surface area contributed by atoms with Crippen LogP contribution >= 0.6 is 0 Å². The zero-order valence-electron chi connectivity index (χ0n) is 13.4. The van der Waals surface area contributed by atoms with Gasteiger partial charge in [0.05, 0.1) is 6.04 Å². The Morgan fingerprint density at radius 3 is 2.26 bits per heavy atom. The van der Waals surface area contributed by atoms with Gasteiger partial charge in [-0.3, -0.25) is 4.79 Å². The highest BCUT2D eigenvalue weighted by Crippen LogP contribution is 2.21. The van der Waals surface area contributed by atoms with Gasteiger partial charge in [-0.15, -0.1) is 0 Å². The van der Waals surface area contributed by atoms with Crippen LogP contribution in [0.5, 0.6) is 0 Å². The van der Waals surface area contributed by atoms with E-state index in [0.717, 1.165) is 32.0 Å². The van der Waals surface area contributed by atoms with Gasteiger partial charge in [0.2, 0.25) is 5.91 Å². The van der Waals surface area contributed by atoms with Crippen molar-refractivity contribution in [2.24, 2.45) is 17.8 Å². The molecule has 0 radical (unpaired) electrons. The fourth-order valence-electron chi connectivity index (χ4n) is 2.91. The maximum Gasteiger partial charge on any atom is 0.239 e. The van der Waals surface area contributed by atoms with Gasteiger partial charge in [0, 0.05) is 13.1 Å². The van der Waals surface area contributed by atoms with Gasteiger partial charge in [0.1, 0.15) is 0 Å². The van der Waals surface area contributed by atoms with Gasteiger partial charge in [0.25, 0.3) is 0 Å². The summed E-state index contributed by atoms with van der Waals surface area (Å²) in [5, 5.41) is 3.42. The number of hydrogen-bond acceptors (Lipinski definition) is 2. The predicted octanol–water partition coefficient (Wildman–Crippen LogP) is 2.91. The molecule has 0 bridgehead atoms. The van der Waals surface area contributed by atoms with Gasteiger partial charge in [-0.1, -0.05) is 41.0 Å². The molecule has 1 amide bonds. The molecular weight excluding hydrogens is 236 g/mol. The van der Waals surface area contributed by atoms with Gasteiger partial charge in [-0.2, -0.15) is 0 Å². The average Bonchev–Trinajstić information content (AvgIpc) is 2.36. The fourth-order valence-corrected chi connectivity index (χ4v) is 2.91. The molecule has 1 rings (SSSR count). The maximum absolute atomic E-state index is 12.7. The molecule has 0 aromatic heterocycles. The topological polar surface area (TPSA) is 32.3 Å². The van der Waals surface area contributed by atoms with Crippen molar-refractivity contribution in [1.29, 1.82) is 0 Å². The molecular formula is C16H32N2O. The Morgan fingerprint density at radius 2 is 1.79 bits per heavy atom. The molecule has 0 saturated carbocycles. The summed E-state index contributed by atoms with van der Waals surface area (Å²) in [7, 11) is 0. The molecule has 0 aromatic rings. The third kappa shape index (κ3) is 5.52. The molecule has 0 aliphatic carbocycles. The van der Waals surface area contributed by atoms with Crippen LogP contribution in [-0.2, 0) is 4.79 Å². The quantitative estimate of drug-likeness (QED) is 0.803. The first-order valence-electron chi connectivity index (χ1n) is 7.96. The SMILES string of the molecule is CCC1CCNC(C(=O)N(CC(C)C)CC(C)C)C1. The van der Waals surface area contributed by atoms with Crippen LogP contribution in [0.15, 0.2) is 0 Å². The van der Waals surface area contributed by atoms with E-state index in [4.69, 9.17) is 0 Å². The molecule has 1 aliphatic rings. The highest BCUT2D eigenvalue weighted by Gasteiger charge is 2.29. The van der Waals surface area contributed by atoms with Crippen molar-refractivity contribution in [3.8, 4) is 0 Å². The van der Waals surface area contributed by atoms with Crippen LogP contribution in [0.3, 0.4) is 0 Å². The van der Waals surface area contributed by atoms with Crippen molar-refractivity contribution in [1.82, 2.24) is 10.2 Å². The Labute approximate surface area is 119 Å². The van der Waals surface area contributed by atoms with E-state index in [9.17, 15) is 4.79 Å². The summed E-state index contributed by atoms with van der Waals surface area (Å²) in [4.78, 5) is 14.8. The highest BCUT2D eigenvalue weighted by molar-refractivity contribution is 5.82. The lowest BCUT2D eigenvalue weighted by Gasteiger charge is -2.34. The average molecular weight is 268 g/mol. The third-order valence-electron chi connectivity index (χ3n) is 3.87. The van der Waals surface area contributed by atoms with Crippen LogP contribution < -0.4 is 5.32 Å². The van der Waals surface area contributed by atoms with E-state index in [1.165, 1.54) is 12.8 Å². The lowest BCUT2D eigenvalue weighted by atomic mass is 9.89. The summed E-state index contributed by atoms with van der Waals surface area (Å²) in [5.74, 6) is 2.11. The van der Waals surface area contributed by atoms with E-state index >= 15 is 0 Å². The van der Waals surface area contributed by atoms with Gasteiger partial charge in [-0.05, 0) is 37.1 Å². The minimum atomic E-state index is 0.0520. The lowest BCUT2D eigenvalue weighted by molar-refractivity contribution is -0.135. The second-order valence-electron chi connectivity index (χ2n) is 6.84. The van der Waals surface area contributed by atoms with Crippen molar-refractivity contribution in [2.45, 2.75) is 59.9 Å². The van der Waals surface area contributed by atoms with Crippen LogP contribution in [-0.4, -0.2) is 36.5 Å². The number of hydrogen-bond donors (Lipinski definition) is 1. The van der Waals surface area contributed by atoms with E-state index in [1.54, 1.807) is 0 Å². The number of amides is 1. The van der Waals surface area contributed by atoms with Crippen molar-refractivity contribution >= 4 is 5.91 Å². The second kappa shape index (κ2) is 7.88. The van der Waals surface area contributed by atoms with E-state index in [1.807, 2.05) is 0 Å². The summed E-state index contributed by atoms with van der Waals surface area (Å²) in [6, 6.07) is 0.0520. The molecule has 2 atom stereocenters. The lowest BCUT2D eigenvalue weighted by Crippen LogP contribution is -2.51. The first-order chi connectivity index (χ1) is 8.93. The minimum absolute atomic E-state index is 0.0520. The van der Waals surface area contributed by atoms with Gasteiger partial charge in [0.15, 0.2) is 0 Å². The summed E-state index contributed by atoms with van der Waals surface area (Å²) < 4.78 is 0. The highest BCUT2D eigenvalue weighted by atomic mass is 16.2. The summed E-state index contributed by atoms with van der Waals surface area (Å²) in [6.45, 7) is 13.7. The van der Waals surface area contributed by atoms with Crippen LogP contribution in [0, 0.1) is 17.8 Å². The molecule has 19 heavy (non-hydrogen) atoms. The molecule has 0 aromatic carbocycles. The molecule has 1 saturated heterocycles. The van der Waals surface area contributed by atoms with Crippen molar-refractivity contribution in [2.75, 3.05) is 19.6 Å². The molecule has 1 fully saturated rings. The van der Waals surface area contributed by atoms with Crippen LogP contribution in [0.1, 0.15) is 53.9 Å². The molecule has 112 valence electrons. The van der Waals surface area contributed by atoms with Crippen molar-refractivity contribution < 1.29 is 4.79 Å².